The minimum absolute atomic E-state index is 0.0280. The SMILES string of the molecule is CCCN(CC(=O)OC)S(=O)(=O)c1ccc(Br)cc1Cl. The molecular formula is C12H15BrClNO4S. The fourth-order valence-electron chi connectivity index (χ4n) is 1.57. The van der Waals surface area contributed by atoms with Gasteiger partial charge in [-0.15, -0.1) is 0 Å². The molecule has 0 heterocycles. The molecule has 5 nitrogen and oxygen atoms in total. The Morgan fingerprint density at radius 3 is 2.60 bits per heavy atom. The number of halogens is 2. The lowest BCUT2D eigenvalue weighted by molar-refractivity contribution is -0.140. The summed E-state index contributed by atoms with van der Waals surface area (Å²) in [7, 11) is -2.62. The van der Waals surface area contributed by atoms with Gasteiger partial charge in [-0.1, -0.05) is 34.5 Å². The van der Waals surface area contributed by atoms with Gasteiger partial charge in [0.05, 0.1) is 12.1 Å². The van der Waals surface area contributed by atoms with Crippen molar-refractivity contribution in [2.75, 3.05) is 20.2 Å². The predicted octanol–water partition coefficient (Wildman–Crippen LogP) is 2.68. The highest BCUT2D eigenvalue weighted by molar-refractivity contribution is 9.10. The molecule has 0 spiro atoms. The summed E-state index contributed by atoms with van der Waals surface area (Å²) in [6, 6.07) is 4.49. The Morgan fingerprint density at radius 2 is 2.10 bits per heavy atom. The van der Waals surface area contributed by atoms with Gasteiger partial charge >= 0.3 is 5.97 Å². The highest BCUT2D eigenvalue weighted by Gasteiger charge is 2.28. The highest BCUT2D eigenvalue weighted by Crippen LogP contribution is 2.27. The van der Waals surface area contributed by atoms with Crippen LogP contribution in [0.25, 0.3) is 0 Å². The van der Waals surface area contributed by atoms with Crippen LogP contribution in [0.3, 0.4) is 0 Å². The van der Waals surface area contributed by atoms with E-state index in [9.17, 15) is 13.2 Å². The van der Waals surface area contributed by atoms with Crippen LogP contribution in [0.15, 0.2) is 27.6 Å². The molecule has 1 aromatic carbocycles. The first-order valence-corrected chi connectivity index (χ1v) is 8.46. The Bertz CT molecular complexity index is 591. The normalized spacial score (nSPS) is 11.7. The van der Waals surface area contributed by atoms with E-state index in [1.54, 1.807) is 6.07 Å². The Labute approximate surface area is 132 Å². The van der Waals surface area contributed by atoms with Gasteiger partial charge in [0.15, 0.2) is 0 Å². The molecule has 20 heavy (non-hydrogen) atoms. The Hall–Kier alpha value is -0.630. The molecule has 0 unspecified atom stereocenters. The lowest BCUT2D eigenvalue weighted by Gasteiger charge is -2.21. The van der Waals surface area contributed by atoms with E-state index in [0.29, 0.717) is 10.9 Å². The van der Waals surface area contributed by atoms with Gasteiger partial charge < -0.3 is 4.74 Å². The van der Waals surface area contributed by atoms with Gasteiger partial charge in [-0.05, 0) is 24.6 Å². The van der Waals surface area contributed by atoms with Crippen molar-refractivity contribution < 1.29 is 17.9 Å². The van der Waals surface area contributed by atoms with Crippen molar-refractivity contribution in [3.63, 3.8) is 0 Å². The van der Waals surface area contributed by atoms with Crippen molar-refractivity contribution in [3.05, 3.63) is 27.7 Å². The second-order valence-electron chi connectivity index (χ2n) is 3.99. The molecule has 0 aliphatic carbocycles. The van der Waals surface area contributed by atoms with Gasteiger partial charge in [-0.25, -0.2) is 8.42 Å². The van der Waals surface area contributed by atoms with E-state index in [1.165, 1.54) is 19.2 Å². The second kappa shape index (κ2) is 7.40. The summed E-state index contributed by atoms with van der Waals surface area (Å²) in [6.07, 6.45) is 0.574. The molecule has 0 aromatic heterocycles. The fourth-order valence-corrected chi connectivity index (χ4v) is 4.05. The number of sulfonamides is 1. The Morgan fingerprint density at radius 1 is 1.45 bits per heavy atom. The molecular weight excluding hydrogens is 370 g/mol. The summed E-state index contributed by atoms with van der Waals surface area (Å²) in [5, 5.41) is 0.102. The zero-order valence-corrected chi connectivity index (χ0v) is 14.3. The molecule has 0 radical (unpaired) electrons. The average molecular weight is 385 g/mol. The monoisotopic (exact) mass is 383 g/mol. The van der Waals surface area contributed by atoms with Crippen molar-refractivity contribution in [2.24, 2.45) is 0 Å². The van der Waals surface area contributed by atoms with Gasteiger partial charge in [0.1, 0.15) is 11.4 Å². The maximum Gasteiger partial charge on any atom is 0.321 e. The zero-order chi connectivity index (χ0) is 15.3. The molecule has 0 fully saturated rings. The molecule has 1 rings (SSSR count). The summed E-state index contributed by atoms with van der Waals surface area (Å²) in [5.74, 6) is -0.616. The molecule has 112 valence electrons. The van der Waals surface area contributed by atoms with Crippen molar-refractivity contribution in [1.29, 1.82) is 0 Å². The molecule has 0 atom stereocenters. The third-order valence-electron chi connectivity index (χ3n) is 2.52. The topological polar surface area (TPSA) is 63.7 Å². The number of benzene rings is 1. The van der Waals surface area contributed by atoms with Crippen LogP contribution < -0.4 is 0 Å². The first-order valence-electron chi connectivity index (χ1n) is 5.85. The summed E-state index contributed by atoms with van der Waals surface area (Å²) in [5.41, 5.74) is 0. The van der Waals surface area contributed by atoms with Gasteiger partial charge in [0.2, 0.25) is 10.0 Å². The van der Waals surface area contributed by atoms with Gasteiger partial charge in [-0.2, -0.15) is 4.31 Å². The fraction of sp³-hybridized carbons (Fsp3) is 0.417. The molecule has 0 N–H and O–H groups in total. The maximum atomic E-state index is 12.5. The third-order valence-corrected chi connectivity index (χ3v) is 5.34. The summed E-state index contributed by atoms with van der Waals surface area (Å²) >= 11 is 9.19. The van der Waals surface area contributed by atoms with Crippen LogP contribution in [0.5, 0.6) is 0 Å². The molecule has 0 aliphatic rings. The number of nitrogens with zero attached hydrogens (tertiary/aromatic N) is 1. The Kier molecular flexibility index (Phi) is 6.44. The zero-order valence-electron chi connectivity index (χ0n) is 11.1. The average Bonchev–Trinajstić information content (AvgIpc) is 2.37. The number of hydrogen-bond acceptors (Lipinski definition) is 4. The van der Waals surface area contributed by atoms with E-state index < -0.39 is 16.0 Å². The van der Waals surface area contributed by atoms with Gasteiger partial charge in [-0.3, -0.25) is 4.79 Å². The van der Waals surface area contributed by atoms with E-state index in [2.05, 4.69) is 20.7 Å². The highest BCUT2D eigenvalue weighted by atomic mass is 79.9. The quantitative estimate of drug-likeness (QED) is 0.707. The van der Waals surface area contributed by atoms with E-state index in [1.807, 2.05) is 6.92 Å². The minimum atomic E-state index is -3.84. The lowest BCUT2D eigenvalue weighted by Crippen LogP contribution is -2.36. The van der Waals surface area contributed by atoms with Crippen LogP contribution >= 0.6 is 27.5 Å². The summed E-state index contributed by atoms with van der Waals surface area (Å²) < 4.78 is 31.3. The van der Waals surface area contributed by atoms with Crippen molar-refractivity contribution in [2.45, 2.75) is 18.2 Å². The molecule has 1 aromatic rings. The first kappa shape index (κ1) is 17.4. The van der Waals surface area contributed by atoms with Crippen molar-refractivity contribution in [3.8, 4) is 0 Å². The molecule has 0 saturated heterocycles. The van der Waals surface area contributed by atoms with E-state index in [-0.39, 0.29) is 23.0 Å². The van der Waals surface area contributed by atoms with Crippen LogP contribution in [-0.2, 0) is 19.6 Å². The summed E-state index contributed by atoms with van der Waals surface area (Å²) in [6.45, 7) is 1.70. The minimum Gasteiger partial charge on any atom is -0.468 e. The van der Waals surface area contributed by atoms with Crippen LogP contribution in [0.2, 0.25) is 5.02 Å². The molecule has 0 amide bonds. The number of methoxy groups -OCH3 is 1. The molecule has 8 heteroatoms. The number of carbonyl (C=O) groups is 1. The van der Waals surface area contributed by atoms with E-state index in [4.69, 9.17) is 11.6 Å². The lowest BCUT2D eigenvalue weighted by atomic mass is 10.4. The Balaban J connectivity index is 3.18. The smallest absolute Gasteiger partial charge is 0.321 e. The standard InChI is InChI=1S/C12H15BrClNO4S/c1-3-6-15(8-12(16)19-2)20(17,18)11-5-4-9(13)7-10(11)14/h4-5,7H,3,6,8H2,1-2H3. The molecule has 0 bridgehead atoms. The van der Waals surface area contributed by atoms with Crippen LogP contribution in [0, 0.1) is 0 Å². The van der Waals surface area contributed by atoms with Gasteiger partial charge in [0, 0.05) is 11.0 Å². The van der Waals surface area contributed by atoms with E-state index >= 15 is 0 Å². The third kappa shape index (κ3) is 4.18. The van der Waals surface area contributed by atoms with Crippen molar-refractivity contribution >= 4 is 43.5 Å². The number of carbonyl (C=O) groups excluding carboxylic acids is 1. The van der Waals surface area contributed by atoms with Gasteiger partial charge in [0.25, 0.3) is 0 Å². The second-order valence-corrected chi connectivity index (χ2v) is 7.22. The van der Waals surface area contributed by atoms with Crippen molar-refractivity contribution in [1.82, 2.24) is 4.31 Å². The van der Waals surface area contributed by atoms with Crippen LogP contribution in [-0.4, -0.2) is 38.9 Å². The van der Waals surface area contributed by atoms with Crippen LogP contribution in [0.1, 0.15) is 13.3 Å². The molecule has 0 aliphatic heterocycles. The molecule has 0 saturated carbocycles. The maximum absolute atomic E-state index is 12.5. The number of hydrogen-bond donors (Lipinski definition) is 0. The number of rotatable bonds is 6. The first-order chi connectivity index (χ1) is 9.32. The summed E-state index contributed by atoms with van der Waals surface area (Å²) in [4.78, 5) is 11.3. The predicted molar refractivity (Wildman–Crippen MR) is 80.2 cm³/mol. The number of esters is 1. The van der Waals surface area contributed by atoms with E-state index in [0.717, 1.165) is 4.31 Å². The van der Waals surface area contributed by atoms with Crippen LogP contribution in [0.4, 0.5) is 0 Å². The largest absolute Gasteiger partial charge is 0.468 e. The number of ether oxygens (including phenoxy) is 1.